The summed E-state index contributed by atoms with van der Waals surface area (Å²) in [6.07, 6.45) is 0. The summed E-state index contributed by atoms with van der Waals surface area (Å²) in [6, 6.07) is 15.8. The van der Waals surface area contributed by atoms with Crippen LogP contribution in [0.15, 0.2) is 66.2 Å². The van der Waals surface area contributed by atoms with E-state index < -0.39 is 23.5 Å². The lowest BCUT2D eigenvalue weighted by atomic mass is 9.94. The van der Waals surface area contributed by atoms with Gasteiger partial charge < -0.3 is 9.84 Å². The molecule has 168 valence electrons. The van der Waals surface area contributed by atoms with Crippen molar-refractivity contribution in [1.29, 1.82) is 0 Å². The molecular formula is C27H24FNO4. The summed E-state index contributed by atoms with van der Waals surface area (Å²) in [5.74, 6) is -1.67. The van der Waals surface area contributed by atoms with Gasteiger partial charge in [-0.15, -0.1) is 0 Å². The molecule has 5 nitrogen and oxygen atoms in total. The molecule has 1 aliphatic rings. The maximum Gasteiger partial charge on any atom is 0.300 e. The van der Waals surface area contributed by atoms with Crippen molar-refractivity contribution in [3.63, 3.8) is 0 Å². The summed E-state index contributed by atoms with van der Waals surface area (Å²) in [7, 11) is 1.55. The molecule has 0 saturated carbocycles. The quantitative estimate of drug-likeness (QED) is 0.332. The number of aryl methyl sites for hydroxylation is 2. The molecule has 6 heteroatoms. The molecule has 1 heterocycles. The number of ether oxygens (including phenoxy) is 1. The fraction of sp³-hybridized carbons (Fsp3) is 0.185. The number of carbonyl (C=O) groups excluding carboxylic acids is 2. The minimum atomic E-state index is -0.859. The molecule has 0 aliphatic carbocycles. The molecule has 0 bridgehead atoms. The number of aliphatic hydroxyl groups excluding tert-OH is 1. The average molecular weight is 445 g/mol. The molecule has 33 heavy (non-hydrogen) atoms. The number of Topliss-reactive ketones (excluding diaryl/α,β-unsaturated/α-hetero) is 1. The zero-order chi connectivity index (χ0) is 23.9. The first-order chi connectivity index (χ1) is 15.7. The Morgan fingerprint density at radius 1 is 0.970 bits per heavy atom. The number of aliphatic hydroxyl groups is 1. The molecule has 3 aromatic rings. The third-order valence-corrected chi connectivity index (χ3v) is 6.14. The van der Waals surface area contributed by atoms with Crippen LogP contribution in [-0.2, 0) is 9.59 Å². The lowest BCUT2D eigenvalue weighted by Gasteiger charge is -2.27. The molecule has 1 aliphatic heterocycles. The molecule has 0 radical (unpaired) electrons. The van der Waals surface area contributed by atoms with Crippen molar-refractivity contribution in [2.24, 2.45) is 0 Å². The second kappa shape index (κ2) is 8.54. The average Bonchev–Trinajstić information content (AvgIpc) is 3.07. The van der Waals surface area contributed by atoms with Crippen LogP contribution in [0.4, 0.5) is 10.1 Å². The molecule has 1 unspecified atom stereocenters. The first-order valence-corrected chi connectivity index (χ1v) is 10.5. The Labute approximate surface area is 191 Å². The highest BCUT2D eigenvalue weighted by atomic mass is 19.1. The largest absolute Gasteiger partial charge is 0.507 e. The highest BCUT2D eigenvalue weighted by molar-refractivity contribution is 6.51. The van der Waals surface area contributed by atoms with E-state index in [9.17, 15) is 19.1 Å². The highest BCUT2D eigenvalue weighted by Gasteiger charge is 2.47. The number of methoxy groups -OCH3 is 1. The SMILES string of the molecule is COc1ccc(C2/C(=C(\O)c3ccc(F)c(C)c3)C(=O)C(=O)N2c2cccc(C)c2C)cc1. The summed E-state index contributed by atoms with van der Waals surface area (Å²) >= 11 is 0. The van der Waals surface area contributed by atoms with E-state index in [-0.39, 0.29) is 16.9 Å². The van der Waals surface area contributed by atoms with Gasteiger partial charge in [-0.25, -0.2) is 4.39 Å². The summed E-state index contributed by atoms with van der Waals surface area (Å²) in [4.78, 5) is 28.0. The molecule has 1 saturated heterocycles. The fourth-order valence-electron chi connectivity index (χ4n) is 4.13. The van der Waals surface area contributed by atoms with E-state index in [2.05, 4.69) is 0 Å². The number of nitrogens with zero attached hydrogens (tertiary/aromatic N) is 1. The van der Waals surface area contributed by atoms with Gasteiger partial charge in [0.1, 0.15) is 17.3 Å². The van der Waals surface area contributed by atoms with Crippen LogP contribution in [0, 0.1) is 26.6 Å². The number of hydrogen-bond acceptors (Lipinski definition) is 4. The van der Waals surface area contributed by atoms with Crippen molar-refractivity contribution in [3.05, 3.63) is 99.9 Å². The smallest absolute Gasteiger partial charge is 0.300 e. The lowest BCUT2D eigenvalue weighted by Crippen LogP contribution is -2.30. The van der Waals surface area contributed by atoms with Gasteiger partial charge in [0.2, 0.25) is 0 Å². The number of anilines is 1. The predicted molar refractivity (Wildman–Crippen MR) is 125 cm³/mol. The maximum absolute atomic E-state index is 13.8. The van der Waals surface area contributed by atoms with E-state index >= 15 is 0 Å². The molecular weight excluding hydrogens is 421 g/mol. The van der Waals surface area contributed by atoms with Gasteiger partial charge in [0.05, 0.1) is 18.7 Å². The highest BCUT2D eigenvalue weighted by Crippen LogP contribution is 2.43. The van der Waals surface area contributed by atoms with Gasteiger partial charge in [0, 0.05) is 11.3 Å². The molecule has 1 amide bonds. The van der Waals surface area contributed by atoms with Gasteiger partial charge in [0.15, 0.2) is 0 Å². The Balaban J connectivity index is 1.98. The second-order valence-corrected chi connectivity index (χ2v) is 8.13. The van der Waals surface area contributed by atoms with Crippen molar-refractivity contribution in [2.75, 3.05) is 12.0 Å². The van der Waals surface area contributed by atoms with Crippen LogP contribution in [0.1, 0.15) is 33.9 Å². The van der Waals surface area contributed by atoms with Gasteiger partial charge in [-0.3, -0.25) is 14.5 Å². The summed E-state index contributed by atoms with van der Waals surface area (Å²) in [5, 5.41) is 11.2. The van der Waals surface area contributed by atoms with Gasteiger partial charge in [0.25, 0.3) is 11.7 Å². The Kier molecular flexibility index (Phi) is 5.77. The third kappa shape index (κ3) is 3.78. The molecule has 4 rings (SSSR count). The minimum Gasteiger partial charge on any atom is -0.507 e. The van der Waals surface area contributed by atoms with Crippen LogP contribution in [0.25, 0.3) is 5.76 Å². The topological polar surface area (TPSA) is 66.8 Å². The standard InChI is InChI=1S/C27H24FNO4/c1-15-6-5-7-22(17(15)3)29-24(18-8-11-20(33-4)12-9-18)23(26(31)27(29)32)25(30)19-10-13-21(28)16(2)14-19/h5-14,24,30H,1-4H3/b25-23+. The van der Waals surface area contributed by atoms with Crippen molar-refractivity contribution in [2.45, 2.75) is 26.8 Å². The third-order valence-electron chi connectivity index (χ3n) is 6.14. The Bertz CT molecular complexity index is 1290. The van der Waals surface area contributed by atoms with Crippen molar-refractivity contribution < 1.29 is 23.8 Å². The van der Waals surface area contributed by atoms with Crippen LogP contribution in [-0.4, -0.2) is 23.9 Å². The number of benzene rings is 3. The molecule has 1 fully saturated rings. The number of amides is 1. The Morgan fingerprint density at radius 2 is 1.67 bits per heavy atom. The number of rotatable bonds is 4. The zero-order valence-electron chi connectivity index (χ0n) is 18.8. The van der Waals surface area contributed by atoms with E-state index in [1.165, 1.54) is 23.1 Å². The van der Waals surface area contributed by atoms with Crippen LogP contribution < -0.4 is 9.64 Å². The van der Waals surface area contributed by atoms with E-state index in [1.54, 1.807) is 44.4 Å². The van der Waals surface area contributed by atoms with Gasteiger partial charge in [-0.2, -0.15) is 0 Å². The Morgan fingerprint density at radius 3 is 2.30 bits per heavy atom. The van der Waals surface area contributed by atoms with Crippen molar-refractivity contribution in [3.8, 4) is 5.75 Å². The molecule has 1 N–H and O–H groups in total. The number of ketones is 1. The predicted octanol–water partition coefficient (Wildman–Crippen LogP) is 5.39. The monoisotopic (exact) mass is 445 g/mol. The number of carbonyl (C=O) groups is 2. The van der Waals surface area contributed by atoms with Crippen LogP contribution in [0.5, 0.6) is 5.75 Å². The summed E-state index contributed by atoms with van der Waals surface area (Å²) in [5.41, 5.74) is 3.60. The van der Waals surface area contributed by atoms with Gasteiger partial charge in [-0.05, 0) is 79.4 Å². The summed E-state index contributed by atoms with van der Waals surface area (Å²) < 4.78 is 19.1. The maximum atomic E-state index is 13.8. The van der Waals surface area contributed by atoms with E-state index in [1.807, 2.05) is 26.0 Å². The van der Waals surface area contributed by atoms with Crippen LogP contribution in [0.3, 0.4) is 0 Å². The van der Waals surface area contributed by atoms with Crippen LogP contribution in [0.2, 0.25) is 0 Å². The van der Waals surface area contributed by atoms with Crippen molar-refractivity contribution in [1.82, 2.24) is 0 Å². The van der Waals surface area contributed by atoms with E-state index in [0.717, 1.165) is 11.1 Å². The minimum absolute atomic E-state index is 0.0444. The normalized spacial score (nSPS) is 17.5. The number of halogens is 1. The summed E-state index contributed by atoms with van der Waals surface area (Å²) in [6.45, 7) is 5.39. The zero-order valence-corrected chi connectivity index (χ0v) is 18.8. The molecule has 0 aromatic heterocycles. The van der Waals surface area contributed by atoms with Gasteiger partial charge in [-0.1, -0.05) is 24.3 Å². The fourth-order valence-corrected chi connectivity index (χ4v) is 4.13. The van der Waals surface area contributed by atoms with Gasteiger partial charge >= 0.3 is 0 Å². The first kappa shape index (κ1) is 22.3. The van der Waals surface area contributed by atoms with E-state index in [4.69, 9.17) is 4.74 Å². The lowest BCUT2D eigenvalue weighted by molar-refractivity contribution is -0.132. The second-order valence-electron chi connectivity index (χ2n) is 8.13. The van der Waals surface area contributed by atoms with E-state index in [0.29, 0.717) is 22.6 Å². The molecule has 3 aromatic carbocycles. The van der Waals surface area contributed by atoms with Crippen LogP contribution >= 0.6 is 0 Å². The molecule has 1 atom stereocenters. The van der Waals surface area contributed by atoms with Crippen molar-refractivity contribution >= 4 is 23.1 Å². The first-order valence-electron chi connectivity index (χ1n) is 10.5. The number of hydrogen-bond donors (Lipinski definition) is 1. The molecule has 0 spiro atoms. The Hall–Kier alpha value is -3.93.